The standard InChI is InChI=1S/C22H22O5/c1-14-5-7-15(8-6-14)11-19-21(24)17-10-9-16(12-18(17)26-19)25-13-20(23)27-22(2,3)4/h5-12H,13H2,1-4H3. The number of hydrogen-bond acceptors (Lipinski definition) is 5. The number of ether oxygens (including phenoxy) is 3. The first kappa shape index (κ1) is 18.7. The minimum absolute atomic E-state index is 0.177. The van der Waals surface area contributed by atoms with Crippen molar-refractivity contribution in [3.05, 3.63) is 64.9 Å². The molecule has 2 aromatic carbocycles. The molecule has 27 heavy (non-hydrogen) atoms. The molecule has 0 bridgehead atoms. The quantitative estimate of drug-likeness (QED) is 0.595. The zero-order chi connectivity index (χ0) is 19.6. The van der Waals surface area contributed by atoms with E-state index in [-0.39, 0.29) is 18.1 Å². The highest BCUT2D eigenvalue weighted by Gasteiger charge is 2.28. The van der Waals surface area contributed by atoms with E-state index in [0.29, 0.717) is 17.1 Å². The van der Waals surface area contributed by atoms with Crippen molar-refractivity contribution in [3.8, 4) is 11.5 Å². The van der Waals surface area contributed by atoms with E-state index in [9.17, 15) is 9.59 Å². The Hall–Kier alpha value is -3.08. The highest BCUT2D eigenvalue weighted by Crippen LogP contribution is 2.34. The molecule has 0 N–H and O–H groups in total. The van der Waals surface area contributed by atoms with Gasteiger partial charge in [-0.25, -0.2) is 4.79 Å². The van der Waals surface area contributed by atoms with Gasteiger partial charge in [-0.3, -0.25) is 4.79 Å². The summed E-state index contributed by atoms with van der Waals surface area (Å²) in [5.41, 5.74) is 1.94. The fourth-order valence-electron chi connectivity index (χ4n) is 2.58. The Balaban J connectivity index is 1.70. The maximum atomic E-state index is 12.5. The lowest BCUT2D eigenvalue weighted by Crippen LogP contribution is -2.27. The summed E-state index contributed by atoms with van der Waals surface area (Å²) in [7, 11) is 0. The molecule has 140 valence electrons. The summed E-state index contributed by atoms with van der Waals surface area (Å²) < 4.78 is 16.4. The molecule has 0 radical (unpaired) electrons. The van der Waals surface area contributed by atoms with Gasteiger partial charge < -0.3 is 14.2 Å². The Morgan fingerprint density at radius 3 is 2.48 bits per heavy atom. The average Bonchev–Trinajstić information content (AvgIpc) is 2.89. The van der Waals surface area contributed by atoms with Crippen LogP contribution in [-0.2, 0) is 9.53 Å². The van der Waals surface area contributed by atoms with Gasteiger partial charge in [-0.15, -0.1) is 0 Å². The number of carbonyl (C=O) groups excluding carboxylic acids is 2. The van der Waals surface area contributed by atoms with Crippen LogP contribution in [-0.4, -0.2) is 24.0 Å². The lowest BCUT2D eigenvalue weighted by atomic mass is 10.1. The minimum atomic E-state index is -0.566. The fourth-order valence-corrected chi connectivity index (χ4v) is 2.58. The minimum Gasteiger partial charge on any atom is -0.482 e. The van der Waals surface area contributed by atoms with Gasteiger partial charge in [0.2, 0.25) is 5.78 Å². The Bertz CT molecular complexity index is 901. The van der Waals surface area contributed by atoms with Crippen molar-refractivity contribution < 1.29 is 23.8 Å². The first-order chi connectivity index (χ1) is 12.7. The number of Topliss-reactive ketones (excluding diaryl/α,β-unsaturated/α-hetero) is 1. The molecule has 0 saturated carbocycles. The van der Waals surface area contributed by atoms with Gasteiger partial charge in [-0.05, 0) is 51.5 Å². The van der Waals surface area contributed by atoms with Crippen molar-refractivity contribution in [1.29, 1.82) is 0 Å². The van der Waals surface area contributed by atoms with E-state index in [1.807, 2.05) is 31.2 Å². The van der Waals surface area contributed by atoms with Gasteiger partial charge in [0.15, 0.2) is 12.4 Å². The van der Waals surface area contributed by atoms with Crippen LogP contribution in [0.3, 0.4) is 0 Å². The molecule has 5 heteroatoms. The summed E-state index contributed by atoms with van der Waals surface area (Å²) >= 11 is 0. The second kappa shape index (κ2) is 7.27. The monoisotopic (exact) mass is 366 g/mol. The zero-order valence-corrected chi connectivity index (χ0v) is 15.9. The largest absolute Gasteiger partial charge is 0.482 e. The van der Waals surface area contributed by atoms with Crippen LogP contribution in [0, 0.1) is 6.92 Å². The summed E-state index contributed by atoms with van der Waals surface area (Å²) in [5, 5.41) is 0. The van der Waals surface area contributed by atoms with Gasteiger partial charge in [-0.1, -0.05) is 29.8 Å². The van der Waals surface area contributed by atoms with Crippen molar-refractivity contribution in [2.24, 2.45) is 0 Å². The number of allylic oxidation sites excluding steroid dienone is 1. The van der Waals surface area contributed by atoms with Crippen LogP contribution in [0.1, 0.15) is 42.3 Å². The number of aryl methyl sites for hydroxylation is 1. The molecular weight excluding hydrogens is 344 g/mol. The number of rotatable bonds is 4. The molecule has 0 fully saturated rings. The molecule has 0 unspecified atom stereocenters. The van der Waals surface area contributed by atoms with E-state index >= 15 is 0 Å². The molecule has 0 aliphatic carbocycles. The number of fused-ring (bicyclic) bond motifs is 1. The van der Waals surface area contributed by atoms with Crippen LogP contribution in [0.15, 0.2) is 48.2 Å². The van der Waals surface area contributed by atoms with Gasteiger partial charge in [0.1, 0.15) is 17.1 Å². The molecule has 0 amide bonds. The van der Waals surface area contributed by atoms with Gasteiger partial charge >= 0.3 is 5.97 Å². The maximum Gasteiger partial charge on any atom is 0.344 e. The molecule has 0 saturated heterocycles. The Kier molecular flexibility index (Phi) is 5.04. The summed E-state index contributed by atoms with van der Waals surface area (Å²) in [5.74, 6) is 0.478. The summed E-state index contributed by atoms with van der Waals surface area (Å²) in [6, 6.07) is 12.7. The molecule has 0 aromatic heterocycles. The van der Waals surface area contributed by atoms with Crippen LogP contribution in [0.4, 0.5) is 0 Å². The molecule has 5 nitrogen and oxygen atoms in total. The predicted molar refractivity (Wildman–Crippen MR) is 102 cm³/mol. The third-order valence-corrected chi connectivity index (χ3v) is 3.79. The molecular formula is C22H22O5. The first-order valence-corrected chi connectivity index (χ1v) is 8.71. The van der Waals surface area contributed by atoms with E-state index in [2.05, 4.69) is 0 Å². The molecule has 3 rings (SSSR count). The second-order valence-corrected chi connectivity index (χ2v) is 7.38. The van der Waals surface area contributed by atoms with Crippen LogP contribution in [0.5, 0.6) is 11.5 Å². The predicted octanol–water partition coefficient (Wildman–Crippen LogP) is 4.33. The molecule has 1 aliphatic heterocycles. The van der Waals surface area contributed by atoms with E-state index < -0.39 is 11.6 Å². The molecule has 0 atom stereocenters. The number of carbonyl (C=O) groups is 2. The van der Waals surface area contributed by atoms with E-state index in [1.165, 1.54) is 0 Å². The van der Waals surface area contributed by atoms with Crippen LogP contribution in [0.25, 0.3) is 6.08 Å². The molecule has 1 heterocycles. The highest BCUT2D eigenvalue weighted by molar-refractivity contribution is 6.14. The first-order valence-electron chi connectivity index (χ1n) is 8.71. The summed E-state index contributed by atoms with van der Waals surface area (Å²) in [4.78, 5) is 24.2. The third-order valence-electron chi connectivity index (χ3n) is 3.79. The molecule has 0 spiro atoms. The Morgan fingerprint density at radius 1 is 1.11 bits per heavy atom. The summed E-state index contributed by atoms with van der Waals surface area (Å²) in [6.07, 6.45) is 1.71. The van der Waals surface area contributed by atoms with Crippen molar-refractivity contribution in [2.75, 3.05) is 6.61 Å². The maximum absolute atomic E-state index is 12.5. The highest BCUT2D eigenvalue weighted by atomic mass is 16.6. The van der Waals surface area contributed by atoms with Crippen LogP contribution < -0.4 is 9.47 Å². The Labute approximate surface area is 158 Å². The topological polar surface area (TPSA) is 61.8 Å². The molecule has 1 aliphatic rings. The normalized spacial score (nSPS) is 14.7. The fraction of sp³-hybridized carbons (Fsp3) is 0.273. The zero-order valence-electron chi connectivity index (χ0n) is 15.9. The second-order valence-electron chi connectivity index (χ2n) is 7.38. The lowest BCUT2D eigenvalue weighted by Gasteiger charge is -2.19. The van der Waals surface area contributed by atoms with Gasteiger partial charge in [0.25, 0.3) is 0 Å². The summed E-state index contributed by atoms with van der Waals surface area (Å²) in [6.45, 7) is 7.17. The van der Waals surface area contributed by atoms with E-state index in [4.69, 9.17) is 14.2 Å². The van der Waals surface area contributed by atoms with Gasteiger partial charge in [0.05, 0.1) is 5.56 Å². The van der Waals surface area contributed by atoms with Crippen LogP contribution in [0.2, 0.25) is 0 Å². The third kappa shape index (κ3) is 4.76. The van der Waals surface area contributed by atoms with Crippen molar-refractivity contribution in [2.45, 2.75) is 33.3 Å². The Morgan fingerprint density at radius 2 is 1.81 bits per heavy atom. The number of hydrogen-bond donors (Lipinski definition) is 0. The van der Waals surface area contributed by atoms with Crippen molar-refractivity contribution >= 4 is 17.8 Å². The number of ketones is 1. The molecule has 2 aromatic rings. The number of benzene rings is 2. The van der Waals surface area contributed by atoms with Gasteiger partial charge in [-0.2, -0.15) is 0 Å². The van der Waals surface area contributed by atoms with Crippen LogP contribution >= 0.6 is 0 Å². The van der Waals surface area contributed by atoms with Crippen molar-refractivity contribution in [1.82, 2.24) is 0 Å². The smallest absolute Gasteiger partial charge is 0.344 e. The average molecular weight is 366 g/mol. The van der Waals surface area contributed by atoms with E-state index in [0.717, 1.165) is 11.1 Å². The van der Waals surface area contributed by atoms with Gasteiger partial charge in [0, 0.05) is 6.07 Å². The van der Waals surface area contributed by atoms with E-state index in [1.54, 1.807) is 45.0 Å². The lowest BCUT2D eigenvalue weighted by molar-refractivity contribution is -0.157. The SMILES string of the molecule is Cc1ccc(C=C2Oc3cc(OCC(=O)OC(C)(C)C)ccc3C2=O)cc1. The van der Waals surface area contributed by atoms with Crippen molar-refractivity contribution in [3.63, 3.8) is 0 Å². The number of esters is 1.